The monoisotopic (exact) mass is 341 g/mol. The second kappa shape index (κ2) is 6.80. The predicted molar refractivity (Wildman–Crippen MR) is 91.4 cm³/mol. The highest BCUT2D eigenvalue weighted by molar-refractivity contribution is 5.94. The maximum Gasteiger partial charge on any atom is 0.308 e. The number of benzene rings is 1. The summed E-state index contributed by atoms with van der Waals surface area (Å²) in [6.45, 7) is 0.480. The smallest absolute Gasteiger partial charge is 0.308 e. The molecule has 0 saturated carbocycles. The molecule has 3 N–H and O–H groups in total. The van der Waals surface area contributed by atoms with Gasteiger partial charge >= 0.3 is 5.97 Å². The molecule has 1 saturated heterocycles. The zero-order valence-electron chi connectivity index (χ0n) is 13.8. The number of likely N-dealkylation sites (tertiary alicyclic amines) is 1. The van der Waals surface area contributed by atoms with E-state index in [0.29, 0.717) is 23.7 Å². The minimum absolute atomic E-state index is 0.153. The summed E-state index contributed by atoms with van der Waals surface area (Å²) in [5.74, 6) is -1.14. The third kappa shape index (κ3) is 3.40. The number of nitrogens with two attached hydrogens (primary N) is 1. The quantitative estimate of drug-likeness (QED) is 0.875. The largest absolute Gasteiger partial charge is 0.497 e. The van der Waals surface area contributed by atoms with Gasteiger partial charge in [0.2, 0.25) is 0 Å². The van der Waals surface area contributed by atoms with Crippen LogP contribution in [0.4, 0.5) is 5.82 Å². The van der Waals surface area contributed by atoms with Crippen molar-refractivity contribution < 1.29 is 19.4 Å². The molecule has 1 fully saturated rings. The molecule has 2 atom stereocenters. The topological polar surface area (TPSA) is 106 Å². The predicted octanol–water partition coefficient (Wildman–Crippen LogP) is 1.61. The number of ether oxygens (including phenoxy) is 1. The molecule has 1 aromatic heterocycles. The Morgan fingerprint density at radius 3 is 2.72 bits per heavy atom. The van der Waals surface area contributed by atoms with Crippen molar-refractivity contribution in [2.45, 2.75) is 5.92 Å². The number of rotatable bonds is 4. The van der Waals surface area contributed by atoms with Gasteiger partial charge in [-0.15, -0.1) is 0 Å². The van der Waals surface area contributed by atoms with Crippen LogP contribution in [0, 0.1) is 5.92 Å². The molecule has 1 aliphatic heterocycles. The van der Waals surface area contributed by atoms with Gasteiger partial charge in [-0.3, -0.25) is 9.59 Å². The highest BCUT2D eigenvalue weighted by Gasteiger charge is 2.40. The Morgan fingerprint density at radius 2 is 2.08 bits per heavy atom. The second-order valence-corrected chi connectivity index (χ2v) is 6.01. The third-order valence-corrected chi connectivity index (χ3v) is 4.48. The lowest BCUT2D eigenvalue weighted by molar-refractivity contribution is -0.141. The van der Waals surface area contributed by atoms with Crippen molar-refractivity contribution in [3.8, 4) is 5.75 Å². The first kappa shape index (κ1) is 16.8. The van der Waals surface area contributed by atoms with Crippen LogP contribution in [0.3, 0.4) is 0 Å². The summed E-state index contributed by atoms with van der Waals surface area (Å²) < 4.78 is 5.22. The van der Waals surface area contributed by atoms with Crippen molar-refractivity contribution in [1.82, 2.24) is 9.88 Å². The van der Waals surface area contributed by atoms with Crippen LogP contribution in [0.1, 0.15) is 21.8 Å². The van der Waals surface area contributed by atoms with E-state index in [9.17, 15) is 14.7 Å². The molecule has 7 heteroatoms. The number of methoxy groups -OCH3 is 1. The maximum absolute atomic E-state index is 12.7. The molecule has 1 amide bonds. The molecular formula is C18H19N3O4. The van der Waals surface area contributed by atoms with Crippen molar-refractivity contribution in [2.24, 2.45) is 5.92 Å². The summed E-state index contributed by atoms with van der Waals surface area (Å²) in [5, 5.41) is 9.58. The summed E-state index contributed by atoms with van der Waals surface area (Å²) in [5.41, 5.74) is 6.78. The Hall–Kier alpha value is -3.09. The van der Waals surface area contributed by atoms with Crippen LogP contribution in [0.5, 0.6) is 5.75 Å². The van der Waals surface area contributed by atoms with E-state index in [1.54, 1.807) is 30.2 Å². The van der Waals surface area contributed by atoms with Gasteiger partial charge in [-0.25, -0.2) is 4.98 Å². The average Bonchev–Trinajstić information content (AvgIpc) is 3.07. The molecule has 25 heavy (non-hydrogen) atoms. The standard InChI is InChI=1S/C18H19N3O4/c1-25-13-4-2-3-11(7-13)14-9-21(10-15(14)18(23)24)17(22)12-5-6-16(19)20-8-12/h2-8,14-15H,9-10H2,1H3,(H2,19,20)(H,23,24)/t14-,15+/m0/s1. The van der Waals surface area contributed by atoms with Crippen molar-refractivity contribution in [1.29, 1.82) is 0 Å². The van der Waals surface area contributed by atoms with E-state index >= 15 is 0 Å². The number of anilines is 1. The fraction of sp³-hybridized carbons (Fsp3) is 0.278. The number of hydrogen-bond donors (Lipinski definition) is 2. The van der Waals surface area contributed by atoms with Crippen LogP contribution in [-0.2, 0) is 4.79 Å². The van der Waals surface area contributed by atoms with Gasteiger partial charge in [0.1, 0.15) is 11.6 Å². The molecule has 3 rings (SSSR count). The number of carbonyl (C=O) groups is 2. The van der Waals surface area contributed by atoms with Crippen LogP contribution < -0.4 is 10.5 Å². The lowest BCUT2D eigenvalue weighted by atomic mass is 9.89. The Labute approximate surface area is 145 Å². The number of carboxylic acids is 1. The SMILES string of the molecule is COc1cccc([C@@H]2CN(C(=O)c3ccc(N)nc3)C[C@H]2C(=O)O)c1. The molecule has 2 heterocycles. The number of pyridine rings is 1. The van der Waals surface area contributed by atoms with E-state index in [1.807, 2.05) is 18.2 Å². The minimum atomic E-state index is -0.918. The van der Waals surface area contributed by atoms with Gasteiger partial charge in [-0.2, -0.15) is 0 Å². The Bertz CT molecular complexity index is 791. The number of hydrogen-bond acceptors (Lipinski definition) is 5. The molecule has 0 unspecified atom stereocenters. The number of carboxylic acid groups (broad SMARTS) is 1. The Morgan fingerprint density at radius 1 is 1.28 bits per heavy atom. The molecule has 0 bridgehead atoms. The highest BCUT2D eigenvalue weighted by Crippen LogP contribution is 2.35. The van der Waals surface area contributed by atoms with E-state index < -0.39 is 11.9 Å². The number of amides is 1. The van der Waals surface area contributed by atoms with Gasteiger partial charge in [0.25, 0.3) is 5.91 Å². The first-order valence-electron chi connectivity index (χ1n) is 7.87. The maximum atomic E-state index is 12.7. The third-order valence-electron chi connectivity index (χ3n) is 4.48. The van der Waals surface area contributed by atoms with Gasteiger partial charge < -0.3 is 20.5 Å². The number of carbonyl (C=O) groups excluding carboxylic acids is 1. The first-order valence-corrected chi connectivity index (χ1v) is 7.87. The van der Waals surface area contributed by atoms with Crippen molar-refractivity contribution >= 4 is 17.7 Å². The van der Waals surface area contributed by atoms with Crippen molar-refractivity contribution in [2.75, 3.05) is 25.9 Å². The molecule has 7 nitrogen and oxygen atoms in total. The summed E-state index contributed by atoms with van der Waals surface area (Å²) in [6, 6.07) is 10.5. The summed E-state index contributed by atoms with van der Waals surface area (Å²) >= 11 is 0. The zero-order valence-corrected chi connectivity index (χ0v) is 13.8. The second-order valence-electron chi connectivity index (χ2n) is 6.01. The Kier molecular flexibility index (Phi) is 4.56. The average molecular weight is 341 g/mol. The van der Waals surface area contributed by atoms with Gasteiger partial charge in [-0.05, 0) is 29.8 Å². The van der Waals surface area contributed by atoms with E-state index in [4.69, 9.17) is 10.5 Å². The lowest BCUT2D eigenvalue weighted by Crippen LogP contribution is -2.30. The van der Waals surface area contributed by atoms with E-state index in [1.165, 1.54) is 6.20 Å². The lowest BCUT2D eigenvalue weighted by Gasteiger charge is -2.17. The molecule has 0 spiro atoms. The number of nitrogen functional groups attached to an aromatic ring is 1. The minimum Gasteiger partial charge on any atom is -0.497 e. The molecule has 0 radical (unpaired) electrons. The van der Waals surface area contributed by atoms with Crippen molar-refractivity contribution in [3.63, 3.8) is 0 Å². The van der Waals surface area contributed by atoms with Crippen LogP contribution in [0.2, 0.25) is 0 Å². The van der Waals surface area contributed by atoms with Gasteiger partial charge in [0.05, 0.1) is 18.6 Å². The molecular weight excluding hydrogens is 322 g/mol. The first-order chi connectivity index (χ1) is 12.0. The van der Waals surface area contributed by atoms with Gasteiger partial charge in [-0.1, -0.05) is 12.1 Å². The summed E-state index contributed by atoms with van der Waals surface area (Å²) in [4.78, 5) is 29.8. The zero-order chi connectivity index (χ0) is 18.0. The summed E-state index contributed by atoms with van der Waals surface area (Å²) in [7, 11) is 1.56. The number of aromatic nitrogens is 1. The van der Waals surface area contributed by atoms with Crippen LogP contribution in [-0.4, -0.2) is 47.1 Å². The molecule has 130 valence electrons. The molecule has 0 aliphatic carbocycles. The molecule has 1 aromatic carbocycles. The van der Waals surface area contributed by atoms with Crippen LogP contribution >= 0.6 is 0 Å². The normalized spacial score (nSPS) is 19.6. The van der Waals surface area contributed by atoms with Crippen LogP contribution in [0.25, 0.3) is 0 Å². The molecule has 2 aromatic rings. The van der Waals surface area contributed by atoms with E-state index in [2.05, 4.69) is 4.98 Å². The van der Waals surface area contributed by atoms with Crippen molar-refractivity contribution in [3.05, 3.63) is 53.7 Å². The fourth-order valence-corrected chi connectivity index (χ4v) is 3.14. The number of nitrogens with zero attached hydrogens (tertiary/aromatic N) is 2. The fourth-order valence-electron chi connectivity index (χ4n) is 3.14. The van der Waals surface area contributed by atoms with E-state index in [0.717, 1.165) is 5.56 Å². The summed E-state index contributed by atoms with van der Waals surface area (Å²) in [6.07, 6.45) is 1.41. The van der Waals surface area contributed by atoms with Crippen LogP contribution in [0.15, 0.2) is 42.6 Å². The van der Waals surface area contributed by atoms with Gasteiger partial charge in [0, 0.05) is 25.2 Å². The molecule has 1 aliphatic rings. The Balaban J connectivity index is 1.86. The van der Waals surface area contributed by atoms with E-state index in [-0.39, 0.29) is 18.4 Å². The number of aliphatic carboxylic acids is 1. The van der Waals surface area contributed by atoms with Gasteiger partial charge in [0.15, 0.2) is 0 Å². The highest BCUT2D eigenvalue weighted by atomic mass is 16.5.